The van der Waals surface area contributed by atoms with Gasteiger partial charge in [0, 0.05) is 31.6 Å². The zero-order valence-corrected chi connectivity index (χ0v) is 30.4. The average molecular weight is 808 g/mol. The number of carbonyl (C=O) groups is 2. The minimum Gasteiger partial charge on any atom is -0.302 e. The Bertz CT molecular complexity index is 2060. The van der Waals surface area contributed by atoms with Gasteiger partial charge in [0.1, 0.15) is 16.4 Å². The SMILES string of the molecule is O=C(NN1C(=O)C(CN2CCCCC2)SC1c1ccccc1)c1ccc(-n2c(-c3ccc(Cl)cc3)nc3c(Br)cc(Br)cc3c2=O)cc1. The molecule has 2 atom stereocenters. The van der Waals surface area contributed by atoms with E-state index in [4.69, 9.17) is 16.6 Å². The molecule has 8 nitrogen and oxygen atoms in total. The van der Waals surface area contributed by atoms with E-state index >= 15 is 0 Å². The number of hydrogen-bond donors (Lipinski definition) is 1. The first kappa shape index (κ1) is 33.0. The van der Waals surface area contributed by atoms with Crippen LogP contribution in [-0.2, 0) is 4.79 Å². The molecule has 5 aromatic rings. The number of hydrogen-bond acceptors (Lipinski definition) is 6. The highest BCUT2D eigenvalue weighted by molar-refractivity contribution is 9.11. The van der Waals surface area contributed by atoms with E-state index in [-0.39, 0.29) is 22.1 Å². The predicted molar refractivity (Wildman–Crippen MR) is 198 cm³/mol. The van der Waals surface area contributed by atoms with E-state index in [1.807, 2.05) is 48.5 Å². The van der Waals surface area contributed by atoms with Gasteiger partial charge in [0.15, 0.2) is 0 Å². The van der Waals surface area contributed by atoms with Crippen LogP contribution in [0, 0.1) is 0 Å². The van der Waals surface area contributed by atoms with Gasteiger partial charge in [-0.1, -0.05) is 64.3 Å². The molecule has 2 unspecified atom stereocenters. The van der Waals surface area contributed by atoms with Gasteiger partial charge in [-0.15, -0.1) is 11.8 Å². The number of hydrazine groups is 1. The Kier molecular flexibility index (Phi) is 9.75. The highest BCUT2D eigenvalue weighted by Gasteiger charge is 2.43. The molecule has 244 valence electrons. The molecule has 0 aliphatic carbocycles. The molecule has 4 aromatic carbocycles. The summed E-state index contributed by atoms with van der Waals surface area (Å²) in [6, 6.07) is 27.2. The van der Waals surface area contributed by atoms with Crippen LogP contribution in [0.3, 0.4) is 0 Å². The van der Waals surface area contributed by atoms with Gasteiger partial charge in [0.2, 0.25) is 0 Å². The molecule has 3 heterocycles. The lowest BCUT2D eigenvalue weighted by molar-refractivity contribution is -0.132. The van der Waals surface area contributed by atoms with Crippen LogP contribution in [0.5, 0.6) is 0 Å². The zero-order valence-electron chi connectivity index (χ0n) is 25.6. The van der Waals surface area contributed by atoms with Crippen molar-refractivity contribution in [2.75, 3.05) is 19.6 Å². The van der Waals surface area contributed by atoms with Gasteiger partial charge < -0.3 is 4.90 Å². The van der Waals surface area contributed by atoms with Gasteiger partial charge in [-0.2, -0.15) is 0 Å². The number of fused-ring (bicyclic) bond motifs is 1. The topological polar surface area (TPSA) is 87.5 Å². The summed E-state index contributed by atoms with van der Waals surface area (Å²) in [5.41, 5.74) is 5.70. The number of halogens is 3. The van der Waals surface area contributed by atoms with Crippen LogP contribution < -0.4 is 11.0 Å². The van der Waals surface area contributed by atoms with Crippen molar-refractivity contribution in [3.63, 3.8) is 0 Å². The Morgan fingerprint density at radius 3 is 2.33 bits per heavy atom. The van der Waals surface area contributed by atoms with Gasteiger partial charge in [0.25, 0.3) is 17.4 Å². The quantitative estimate of drug-likeness (QED) is 0.180. The second-order valence-corrected chi connectivity index (χ2v) is 15.3. The summed E-state index contributed by atoms with van der Waals surface area (Å²) in [7, 11) is 0. The number of benzene rings is 4. The van der Waals surface area contributed by atoms with Crippen molar-refractivity contribution in [2.24, 2.45) is 0 Å². The summed E-state index contributed by atoms with van der Waals surface area (Å²) in [6.07, 6.45) is 3.50. The molecule has 2 saturated heterocycles. The van der Waals surface area contributed by atoms with E-state index in [2.05, 4.69) is 42.2 Å². The molecule has 1 aromatic heterocycles. The van der Waals surface area contributed by atoms with Crippen molar-refractivity contribution in [3.05, 3.63) is 126 Å². The number of thioether (sulfide) groups is 1. The Hall–Kier alpha value is -3.48. The lowest BCUT2D eigenvalue weighted by Gasteiger charge is -2.28. The van der Waals surface area contributed by atoms with Gasteiger partial charge in [-0.25, -0.2) is 9.99 Å². The van der Waals surface area contributed by atoms with Crippen LogP contribution in [0.25, 0.3) is 28.0 Å². The second-order valence-electron chi connectivity index (χ2n) is 11.8. The summed E-state index contributed by atoms with van der Waals surface area (Å²) in [4.78, 5) is 48.7. The maximum atomic E-state index is 14.0. The monoisotopic (exact) mass is 805 g/mol. The third-order valence-electron chi connectivity index (χ3n) is 8.60. The van der Waals surface area contributed by atoms with Crippen molar-refractivity contribution in [3.8, 4) is 17.1 Å². The second kappa shape index (κ2) is 14.2. The third-order valence-corrected chi connectivity index (χ3v) is 11.3. The Balaban J connectivity index is 1.20. The number of nitrogens with one attached hydrogen (secondary N) is 1. The Labute approximate surface area is 303 Å². The lowest BCUT2D eigenvalue weighted by Crippen LogP contribution is -2.47. The lowest BCUT2D eigenvalue weighted by atomic mass is 10.1. The number of aromatic nitrogens is 2. The van der Waals surface area contributed by atoms with E-state index in [0.29, 0.717) is 49.6 Å². The van der Waals surface area contributed by atoms with Crippen LogP contribution in [0.2, 0.25) is 5.02 Å². The number of likely N-dealkylation sites (tertiary alicyclic amines) is 1. The first-order valence-electron chi connectivity index (χ1n) is 15.6. The minimum absolute atomic E-state index is 0.108. The molecule has 2 fully saturated rings. The zero-order chi connectivity index (χ0) is 33.4. The molecule has 0 saturated carbocycles. The number of carbonyl (C=O) groups excluding carboxylic acids is 2. The normalized spacial score (nSPS) is 18.4. The van der Waals surface area contributed by atoms with Crippen LogP contribution >= 0.6 is 55.2 Å². The molecule has 1 N–H and O–H groups in total. The fourth-order valence-corrected chi connectivity index (χ4v) is 9.06. The van der Waals surface area contributed by atoms with E-state index in [1.165, 1.54) is 16.0 Å². The van der Waals surface area contributed by atoms with Crippen molar-refractivity contribution in [2.45, 2.75) is 29.9 Å². The summed E-state index contributed by atoms with van der Waals surface area (Å²) in [6.45, 7) is 2.64. The standard InChI is InChI=1S/C36H30Br2ClN5O3S/c37-25-19-28-31(29(38)20-25)40-32(22-9-13-26(39)14-10-22)43(34(28)46)27-15-11-23(12-16-27)33(45)41-44-35(47)30(21-42-17-5-2-6-18-42)48-36(44)24-7-3-1-4-8-24/h1,3-4,7-16,19-20,30,36H,2,5-6,17-18,21H2,(H,41,45). The summed E-state index contributed by atoms with van der Waals surface area (Å²) in [5, 5.41) is 1.84. The third kappa shape index (κ3) is 6.71. The van der Waals surface area contributed by atoms with Gasteiger partial charge in [0.05, 0.1) is 16.6 Å². The summed E-state index contributed by atoms with van der Waals surface area (Å²) >= 11 is 14.8. The highest BCUT2D eigenvalue weighted by atomic mass is 79.9. The molecule has 2 aliphatic heterocycles. The molecule has 7 rings (SSSR count). The van der Waals surface area contributed by atoms with E-state index in [0.717, 1.165) is 36.0 Å². The molecule has 2 aliphatic rings. The summed E-state index contributed by atoms with van der Waals surface area (Å²) < 4.78 is 2.95. The summed E-state index contributed by atoms with van der Waals surface area (Å²) in [5.74, 6) is -0.0949. The highest BCUT2D eigenvalue weighted by Crippen LogP contribution is 2.42. The van der Waals surface area contributed by atoms with E-state index in [9.17, 15) is 14.4 Å². The van der Waals surface area contributed by atoms with Crippen molar-refractivity contribution >= 4 is 77.9 Å². The molecule has 48 heavy (non-hydrogen) atoms. The number of amides is 2. The van der Waals surface area contributed by atoms with Gasteiger partial charge in [-0.3, -0.25) is 24.4 Å². The van der Waals surface area contributed by atoms with Crippen LogP contribution in [0.4, 0.5) is 0 Å². The maximum absolute atomic E-state index is 14.0. The van der Waals surface area contributed by atoms with Crippen LogP contribution in [0.15, 0.2) is 105 Å². The molecular formula is C36H30Br2ClN5O3S. The van der Waals surface area contributed by atoms with Crippen LogP contribution in [-0.4, -0.2) is 56.2 Å². The number of piperidine rings is 1. The molecule has 0 spiro atoms. The van der Waals surface area contributed by atoms with E-state index < -0.39 is 5.91 Å². The fraction of sp³-hybridized carbons (Fsp3) is 0.222. The average Bonchev–Trinajstić information content (AvgIpc) is 3.40. The molecule has 0 bridgehead atoms. The first-order valence-corrected chi connectivity index (χ1v) is 18.5. The predicted octanol–water partition coefficient (Wildman–Crippen LogP) is 8.00. The fourth-order valence-electron chi connectivity index (χ4n) is 6.19. The molecular weight excluding hydrogens is 778 g/mol. The van der Waals surface area contributed by atoms with Crippen molar-refractivity contribution in [1.29, 1.82) is 0 Å². The Morgan fingerprint density at radius 1 is 0.917 bits per heavy atom. The molecule has 0 radical (unpaired) electrons. The minimum atomic E-state index is -0.412. The van der Waals surface area contributed by atoms with Gasteiger partial charge >= 0.3 is 0 Å². The Morgan fingerprint density at radius 2 is 1.62 bits per heavy atom. The smallest absolute Gasteiger partial charge is 0.269 e. The van der Waals surface area contributed by atoms with Crippen molar-refractivity contribution in [1.82, 2.24) is 24.9 Å². The molecule has 12 heteroatoms. The van der Waals surface area contributed by atoms with Gasteiger partial charge in [-0.05, 0) is 108 Å². The maximum Gasteiger partial charge on any atom is 0.269 e. The number of rotatable bonds is 7. The van der Waals surface area contributed by atoms with Crippen LogP contribution in [0.1, 0.15) is 40.6 Å². The van der Waals surface area contributed by atoms with E-state index in [1.54, 1.807) is 54.2 Å². The first-order chi connectivity index (χ1) is 23.3. The molecule has 2 amide bonds. The number of nitrogens with zero attached hydrogens (tertiary/aromatic N) is 4. The van der Waals surface area contributed by atoms with Crippen molar-refractivity contribution < 1.29 is 9.59 Å². The largest absolute Gasteiger partial charge is 0.302 e.